The third-order valence-corrected chi connectivity index (χ3v) is 6.37. The number of nitrogens with one attached hydrogen (secondary N) is 1. The van der Waals surface area contributed by atoms with E-state index in [-0.39, 0.29) is 5.91 Å². The molecule has 0 aromatic rings. The van der Waals surface area contributed by atoms with Crippen LogP contribution in [0.15, 0.2) is 4.99 Å². The van der Waals surface area contributed by atoms with Crippen LogP contribution in [0.2, 0.25) is 0 Å². The summed E-state index contributed by atoms with van der Waals surface area (Å²) in [6, 6.07) is 0.297. The number of carbonyl (C=O) groups excluding carboxylic acids is 1. The predicted molar refractivity (Wildman–Crippen MR) is 111 cm³/mol. The molecule has 2 atom stereocenters. The molecule has 0 bridgehead atoms. The lowest BCUT2D eigenvalue weighted by atomic mass is 10.1. The number of nitrogens with zero attached hydrogens (tertiary/aromatic N) is 2. The molecule has 0 aromatic heterocycles. The Morgan fingerprint density at radius 1 is 1.23 bits per heavy atom. The summed E-state index contributed by atoms with van der Waals surface area (Å²) in [6.07, 6.45) is 10.7. The summed E-state index contributed by atoms with van der Waals surface area (Å²) >= 11 is 1.44. The minimum Gasteiger partial charge on any atom is -0.355 e. The van der Waals surface area contributed by atoms with Gasteiger partial charge in [0.1, 0.15) is 0 Å². The van der Waals surface area contributed by atoms with E-state index in [2.05, 4.69) is 24.1 Å². The quantitative estimate of drug-likeness (QED) is 0.544. The molecule has 2 fully saturated rings. The fourth-order valence-electron chi connectivity index (χ4n) is 3.51. The average molecular weight is 384 g/mol. The average Bonchev–Trinajstić information content (AvgIpc) is 2.93. The van der Waals surface area contributed by atoms with E-state index in [1.165, 1.54) is 63.4 Å². The van der Waals surface area contributed by atoms with E-state index in [1.807, 2.05) is 6.92 Å². The van der Waals surface area contributed by atoms with E-state index >= 15 is 0 Å². The van der Waals surface area contributed by atoms with Crippen LogP contribution in [-0.2, 0) is 9.53 Å². The number of ether oxygens (including phenoxy) is 1. The molecule has 1 amide bonds. The first-order chi connectivity index (χ1) is 12.6. The SMILES string of the molecule is CCCCCC(CC)N=C1NC(=O)C(C)(OCCCN2CCCCC2)S1. The molecular weight excluding hydrogens is 346 g/mol. The van der Waals surface area contributed by atoms with Gasteiger partial charge in [0.25, 0.3) is 5.91 Å². The summed E-state index contributed by atoms with van der Waals surface area (Å²) in [5.74, 6) is -0.0670. The zero-order chi connectivity index (χ0) is 18.8. The Balaban J connectivity index is 1.75. The first kappa shape index (κ1) is 21.7. The van der Waals surface area contributed by atoms with Crippen molar-refractivity contribution in [3.8, 4) is 0 Å². The van der Waals surface area contributed by atoms with Crippen LogP contribution in [0.25, 0.3) is 0 Å². The smallest absolute Gasteiger partial charge is 0.268 e. The van der Waals surface area contributed by atoms with E-state index in [1.54, 1.807) is 0 Å². The van der Waals surface area contributed by atoms with E-state index in [0.29, 0.717) is 12.6 Å². The Labute approximate surface area is 163 Å². The molecule has 0 aromatic carbocycles. The number of amides is 1. The van der Waals surface area contributed by atoms with Crippen molar-refractivity contribution in [3.63, 3.8) is 0 Å². The number of aliphatic imine (C=N–C) groups is 1. The molecule has 5 nitrogen and oxygen atoms in total. The minimum absolute atomic E-state index is 0.0670. The monoisotopic (exact) mass is 383 g/mol. The second-order valence-corrected chi connectivity index (χ2v) is 8.97. The fourth-order valence-corrected chi connectivity index (χ4v) is 4.51. The van der Waals surface area contributed by atoms with Gasteiger partial charge in [-0.3, -0.25) is 9.79 Å². The number of amidine groups is 1. The molecule has 2 saturated heterocycles. The topological polar surface area (TPSA) is 53.9 Å². The van der Waals surface area contributed by atoms with Crippen molar-refractivity contribution in [3.05, 3.63) is 0 Å². The molecule has 0 radical (unpaired) electrons. The molecule has 2 aliphatic rings. The maximum atomic E-state index is 12.4. The van der Waals surface area contributed by atoms with Gasteiger partial charge in [-0.1, -0.05) is 39.5 Å². The fraction of sp³-hybridized carbons (Fsp3) is 0.900. The van der Waals surface area contributed by atoms with Gasteiger partial charge in [0, 0.05) is 6.54 Å². The number of hydrogen-bond donors (Lipinski definition) is 1. The summed E-state index contributed by atoms with van der Waals surface area (Å²) in [5, 5.41) is 3.66. The molecule has 2 heterocycles. The normalized spacial score (nSPS) is 27.0. The van der Waals surface area contributed by atoms with Crippen LogP contribution in [-0.4, -0.2) is 53.2 Å². The lowest BCUT2D eigenvalue weighted by Crippen LogP contribution is -2.37. The molecule has 0 saturated carbocycles. The van der Waals surface area contributed by atoms with Gasteiger partial charge in [-0.2, -0.15) is 0 Å². The number of thioether (sulfide) groups is 1. The first-order valence-corrected chi connectivity index (χ1v) is 11.3. The van der Waals surface area contributed by atoms with Crippen LogP contribution >= 0.6 is 11.8 Å². The van der Waals surface area contributed by atoms with E-state index in [4.69, 9.17) is 9.73 Å². The lowest BCUT2D eigenvalue weighted by molar-refractivity contribution is -0.132. The number of carbonyl (C=O) groups is 1. The van der Waals surface area contributed by atoms with Crippen LogP contribution in [0.4, 0.5) is 0 Å². The van der Waals surface area contributed by atoms with Gasteiger partial charge in [0.05, 0.1) is 12.6 Å². The lowest BCUT2D eigenvalue weighted by Gasteiger charge is -2.27. The molecular formula is C20H37N3O2S. The number of hydrogen-bond acceptors (Lipinski definition) is 5. The Hall–Kier alpha value is -0.590. The van der Waals surface area contributed by atoms with Crippen molar-refractivity contribution >= 4 is 22.8 Å². The first-order valence-electron chi connectivity index (χ1n) is 10.5. The number of unbranched alkanes of at least 4 members (excludes halogenated alkanes) is 2. The van der Waals surface area contributed by atoms with E-state index in [9.17, 15) is 4.79 Å². The van der Waals surface area contributed by atoms with Gasteiger partial charge in [-0.05, 0) is 63.9 Å². The molecule has 1 N–H and O–H groups in total. The molecule has 2 rings (SSSR count). The van der Waals surface area contributed by atoms with Crippen molar-refractivity contribution in [2.45, 2.75) is 89.5 Å². The third-order valence-electron chi connectivity index (χ3n) is 5.28. The summed E-state index contributed by atoms with van der Waals surface area (Å²) < 4.78 is 5.98. The van der Waals surface area contributed by atoms with E-state index in [0.717, 1.165) is 31.0 Å². The summed E-state index contributed by atoms with van der Waals surface area (Å²) in [7, 11) is 0. The van der Waals surface area contributed by atoms with Crippen LogP contribution in [0.5, 0.6) is 0 Å². The molecule has 6 heteroatoms. The third kappa shape index (κ3) is 6.86. The van der Waals surface area contributed by atoms with Crippen LogP contribution in [0.1, 0.15) is 78.6 Å². The Bertz CT molecular complexity index is 466. The van der Waals surface area contributed by atoms with Gasteiger partial charge >= 0.3 is 0 Å². The summed E-state index contributed by atoms with van der Waals surface area (Å²) in [5.41, 5.74) is 0. The van der Waals surface area contributed by atoms with Crippen LogP contribution in [0.3, 0.4) is 0 Å². The summed E-state index contributed by atoms with van der Waals surface area (Å²) in [6.45, 7) is 10.4. The van der Waals surface area contributed by atoms with Crippen molar-refractivity contribution < 1.29 is 9.53 Å². The minimum atomic E-state index is -0.831. The highest BCUT2D eigenvalue weighted by Crippen LogP contribution is 2.33. The zero-order valence-corrected chi connectivity index (χ0v) is 17.7. The van der Waals surface area contributed by atoms with Crippen LogP contribution < -0.4 is 5.32 Å². The zero-order valence-electron chi connectivity index (χ0n) is 16.9. The molecule has 2 aliphatic heterocycles. The second-order valence-electron chi connectivity index (χ2n) is 7.60. The predicted octanol–water partition coefficient (Wildman–Crippen LogP) is 4.17. The number of piperidine rings is 1. The maximum Gasteiger partial charge on any atom is 0.268 e. The van der Waals surface area contributed by atoms with Crippen molar-refractivity contribution in [2.75, 3.05) is 26.2 Å². The highest BCUT2D eigenvalue weighted by atomic mass is 32.2. The van der Waals surface area contributed by atoms with Crippen LogP contribution in [0, 0.1) is 0 Å². The highest BCUT2D eigenvalue weighted by molar-refractivity contribution is 8.16. The summed E-state index contributed by atoms with van der Waals surface area (Å²) in [4.78, 5) is 18.8. The maximum absolute atomic E-state index is 12.4. The second kappa shape index (κ2) is 11.3. The number of rotatable bonds is 11. The molecule has 0 aliphatic carbocycles. The van der Waals surface area contributed by atoms with Gasteiger partial charge in [0.2, 0.25) is 0 Å². The van der Waals surface area contributed by atoms with Gasteiger partial charge in [-0.15, -0.1) is 0 Å². The van der Waals surface area contributed by atoms with Gasteiger partial charge in [-0.25, -0.2) is 0 Å². The van der Waals surface area contributed by atoms with Crippen molar-refractivity contribution in [1.82, 2.24) is 10.2 Å². The molecule has 2 unspecified atom stereocenters. The molecule has 0 spiro atoms. The standard InChI is InChI=1S/C20H37N3O2S/c1-4-6-8-12-17(5-2)21-19-22-18(24)20(3,26-19)25-16-11-15-23-13-9-7-10-14-23/h17H,4-16H2,1-3H3,(H,21,22,24). The number of likely N-dealkylation sites (tertiary alicyclic amines) is 1. The largest absolute Gasteiger partial charge is 0.355 e. The molecule has 26 heavy (non-hydrogen) atoms. The highest BCUT2D eigenvalue weighted by Gasteiger charge is 2.43. The Morgan fingerprint density at radius 3 is 2.69 bits per heavy atom. The van der Waals surface area contributed by atoms with Crippen molar-refractivity contribution in [1.29, 1.82) is 0 Å². The van der Waals surface area contributed by atoms with Crippen molar-refractivity contribution in [2.24, 2.45) is 4.99 Å². The van der Waals surface area contributed by atoms with Gasteiger partial charge in [0.15, 0.2) is 10.1 Å². The van der Waals surface area contributed by atoms with Gasteiger partial charge < -0.3 is 15.0 Å². The Morgan fingerprint density at radius 2 is 2.00 bits per heavy atom. The Kier molecular flexibility index (Phi) is 9.43. The molecule has 150 valence electrons. The van der Waals surface area contributed by atoms with E-state index < -0.39 is 4.93 Å².